The summed E-state index contributed by atoms with van der Waals surface area (Å²) in [7, 11) is 0. The van der Waals surface area contributed by atoms with Crippen molar-refractivity contribution in [3.63, 3.8) is 0 Å². The third kappa shape index (κ3) is 2.51. The first-order chi connectivity index (χ1) is 6.11. The van der Waals surface area contributed by atoms with Crippen LogP contribution in [0.3, 0.4) is 0 Å². The van der Waals surface area contributed by atoms with E-state index in [1.54, 1.807) is 0 Å². The average molecular weight is 203 g/mol. The van der Waals surface area contributed by atoms with Crippen LogP contribution in [-0.2, 0) is 4.79 Å². The average Bonchev–Trinajstić information content (AvgIpc) is 2.47. The highest BCUT2D eigenvalue weighted by molar-refractivity contribution is 7.12. The van der Waals surface area contributed by atoms with Crippen molar-refractivity contribution < 1.29 is 19.1 Å². The van der Waals surface area contributed by atoms with Crippen LogP contribution in [0.1, 0.15) is 9.67 Å². The Balaban J connectivity index is 2.59. The van der Waals surface area contributed by atoms with Crippen LogP contribution in [0.2, 0.25) is 0 Å². The number of hydrogen-bond donors (Lipinski definition) is 2. The van der Waals surface area contributed by atoms with E-state index in [2.05, 4.69) is 5.32 Å². The molecule has 6 heteroatoms. The Morgan fingerprint density at radius 1 is 1.62 bits per heavy atom. The van der Waals surface area contributed by atoms with Crippen molar-refractivity contribution in [1.82, 2.24) is 5.32 Å². The second-order valence-electron chi connectivity index (χ2n) is 2.17. The fourth-order valence-corrected chi connectivity index (χ4v) is 1.38. The van der Waals surface area contributed by atoms with Crippen LogP contribution in [0.5, 0.6) is 0 Å². The third-order valence-electron chi connectivity index (χ3n) is 1.22. The monoisotopic (exact) mass is 203 g/mol. The van der Waals surface area contributed by atoms with Gasteiger partial charge in [-0.1, -0.05) is 0 Å². The molecule has 0 aliphatic carbocycles. The number of thiophene rings is 1. The molecular formula is C7H6FNO3S. The number of hydrogen-bond acceptors (Lipinski definition) is 3. The number of amides is 1. The molecule has 0 aliphatic rings. The lowest BCUT2D eigenvalue weighted by atomic mass is 10.4. The summed E-state index contributed by atoms with van der Waals surface area (Å²) in [6.45, 7) is -0.504. The molecule has 0 fully saturated rings. The van der Waals surface area contributed by atoms with E-state index < -0.39 is 24.2 Å². The second kappa shape index (κ2) is 3.99. The quantitative estimate of drug-likeness (QED) is 0.760. The Hall–Kier alpha value is -1.43. The summed E-state index contributed by atoms with van der Waals surface area (Å²) in [6.07, 6.45) is 0. The molecule has 0 atom stereocenters. The van der Waals surface area contributed by atoms with E-state index >= 15 is 0 Å². The Morgan fingerprint density at radius 3 is 2.77 bits per heavy atom. The first-order valence-electron chi connectivity index (χ1n) is 3.34. The molecule has 4 nitrogen and oxygen atoms in total. The minimum absolute atomic E-state index is 0.0961. The molecule has 0 aliphatic heterocycles. The number of nitrogens with one attached hydrogen (secondary N) is 1. The molecule has 0 radical (unpaired) electrons. The zero-order valence-electron chi connectivity index (χ0n) is 6.41. The molecule has 0 bridgehead atoms. The molecule has 13 heavy (non-hydrogen) atoms. The fourth-order valence-electron chi connectivity index (χ4n) is 0.692. The standard InChI is InChI=1S/C7H6FNO3S/c8-4-1-2-13-6(4)7(12)9-3-5(10)11/h1-2H,3H2,(H,9,12)(H,10,11). The fraction of sp³-hybridized carbons (Fsp3) is 0.143. The van der Waals surface area contributed by atoms with Gasteiger partial charge in [-0.15, -0.1) is 11.3 Å². The summed E-state index contributed by atoms with van der Waals surface area (Å²) >= 11 is 0.929. The number of carboxylic acids is 1. The largest absolute Gasteiger partial charge is 0.480 e. The predicted molar refractivity (Wildman–Crippen MR) is 44.2 cm³/mol. The van der Waals surface area contributed by atoms with Crippen LogP contribution in [0, 0.1) is 5.82 Å². The van der Waals surface area contributed by atoms with Crippen LogP contribution >= 0.6 is 11.3 Å². The van der Waals surface area contributed by atoms with Gasteiger partial charge in [-0.2, -0.15) is 0 Å². The molecule has 0 saturated heterocycles. The second-order valence-corrected chi connectivity index (χ2v) is 3.09. The maximum absolute atomic E-state index is 12.7. The van der Waals surface area contributed by atoms with Crippen LogP contribution in [0.25, 0.3) is 0 Å². The number of carboxylic acid groups (broad SMARTS) is 1. The lowest BCUT2D eigenvalue weighted by Crippen LogP contribution is -2.29. The summed E-state index contributed by atoms with van der Waals surface area (Å²) in [4.78, 5) is 21.0. The van der Waals surface area contributed by atoms with Crippen LogP contribution in [0.15, 0.2) is 11.4 Å². The zero-order chi connectivity index (χ0) is 9.84. The summed E-state index contributed by atoms with van der Waals surface area (Å²) in [6, 6.07) is 1.15. The minimum atomic E-state index is -1.16. The highest BCUT2D eigenvalue weighted by Crippen LogP contribution is 2.13. The molecule has 70 valence electrons. The van der Waals surface area contributed by atoms with Gasteiger partial charge in [-0.05, 0) is 11.4 Å². The Bertz CT molecular complexity index is 336. The lowest BCUT2D eigenvalue weighted by Gasteiger charge is -1.98. The van der Waals surface area contributed by atoms with Gasteiger partial charge in [-0.25, -0.2) is 4.39 Å². The molecule has 0 spiro atoms. The topological polar surface area (TPSA) is 66.4 Å². The lowest BCUT2D eigenvalue weighted by molar-refractivity contribution is -0.135. The van der Waals surface area contributed by atoms with Crippen LogP contribution in [-0.4, -0.2) is 23.5 Å². The molecule has 1 aromatic rings. The molecule has 1 heterocycles. The van der Waals surface area contributed by atoms with Gasteiger partial charge in [0.05, 0.1) is 0 Å². The van der Waals surface area contributed by atoms with E-state index in [0.717, 1.165) is 17.4 Å². The number of carbonyl (C=O) groups excluding carboxylic acids is 1. The van der Waals surface area contributed by atoms with E-state index in [9.17, 15) is 14.0 Å². The van der Waals surface area contributed by atoms with E-state index in [4.69, 9.17) is 5.11 Å². The van der Waals surface area contributed by atoms with Crippen LogP contribution in [0.4, 0.5) is 4.39 Å². The summed E-state index contributed by atoms with van der Waals surface area (Å²) < 4.78 is 12.7. The summed E-state index contributed by atoms with van der Waals surface area (Å²) in [5, 5.41) is 11.7. The van der Waals surface area contributed by atoms with E-state index in [0.29, 0.717) is 0 Å². The van der Waals surface area contributed by atoms with Crippen molar-refractivity contribution in [2.45, 2.75) is 0 Å². The van der Waals surface area contributed by atoms with E-state index in [-0.39, 0.29) is 4.88 Å². The van der Waals surface area contributed by atoms with Crippen molar-refractivity contribution in [1.29, 1.82) is 0 Å². The van der Waals surface area contributed by atoms with Gasteiger partial charge in [0.25, 0.3) is 5.91 Å². The number of carbonyl (C=O) groups is 2. The van der Waals surface area contributed by atoms with Crippen molar-refractivity contribution >= 4 is 23.2 Å². The van der Waals surface area contributed by atoms with Gasteiger partial charge in [0.2, 0.25) is 0 Å². The number of aliphatic carboxylic acids is 1. The summed E-state index contributed by atoms with van der Waals surface area (Å²) in [5.74, 6) is -2.49. The van der Waals surface area contributed by atoms with Gasteiger partial charge in [0.1, 0.15) is 17.2 Å². The number of rotatable bonds is 3. The molecular weight excluding hydrogens is 197 g/mol. The van der Waals surface area contributed by atoms with Gasteiger partial charge in [-0.3, -0.25) is 9.59 Å². The normalized spacial score (nSPS) is 9.62. The summed E-state index contributed by atoms with van der Waals surface area (Å²) in [5.41, 5.74) is 0. The maximum atomic E-state index is 12.7. The minimum Gasteiger partial charge on any atom is -0.480 e. The first kappa shape index (κ1) is 9.66. The molecule has 0 saturated carbocycles. The highest BCUT2D eigenvalue weighted by atomic mass is 32.1. The van der Waals surface area contributed by atoms with Gasteiger partial charge >= 0.3 is 5.97 Å². The predicted octanol–water partition coefficient (Wildman–Crippen LogP) is 0.702. The molecule has 0 unspecified atom stereocenters. The van der Waals surface area contributed by atoms with Gasteiger partial charge in [0.15, 0.2) is 0 Å². The van der Waals surface area contributed by atoms with E-state index in [1.165, 1.54) is 5.38 Å². The Labute approximate surface area is 77.0 Å². The smallest absolute Gasteiger partial charge is 0.322 e. The van der Waals surface area contributed by atoms with Gasteiger partial charge < -0.3 is 10.4 Å². The maximum Gasteiger partial charge on any atom is 0.322 e. The van der Waals surface area contributed by atoms with E-state index in [1.807, 2.05) is 0 Å². The van der Waals surface area contributed by atoms with Crippen molar-refractivity contribution in [2.75, 3.05) is 6.54 Å². The molecule has 1 amide bonds. The first-order valence-corrected chi connectivity index (χ1v) is 4.22. The zero-order valence-corrected chi connectivity index (χ0v) is 7.23. The van der Waals surface area contributed by atoms with Crippen molar-refractivity contribution in [3.05, 3.63) is 22.1 Å². The Morgan fingerprint density at radius 2 is 2.31 bits per heavy atom. The van der Waals surface area contributed by atoms with Crippen molar-refractivity contribution in [3.8, 4) is 0 Å². The molecule has 0 aromatic carbocycles. The molecule has 2 N–H and O–H groups in total. The molecule has 1 aromatic heterocycles. The highest BCUT2D eigenvalue weighted by Gasteiger charge is 2.13. The number of halogens is 1. The van der Waals surface area contributed by atoms with Crippen LogP contribution < -0.4 is 5.32 Å². The third-order valence-corrected chi connectivity index (χ3v) is 2.11. The van der Waals surface area contributed by atoms with Crippen molar-refractivity contribution in [2.24, 2.45) is 0 Å². The van der Waals surface area contributed by atoms with Gasteiger partial charge in [0, 0.05) is 0 Å². The SMILES string of the molecule is O=C(O)CNC(=O)c1sccc1F. The molecule has 1 rings (SSSR count). The Kier molecular flexibility index (Phi) is 2.97.